The molecule has 0 atom stereocenters. The summed E-state index contributed by atoms with van der Waals surface area (Å²) in [7, 11) is 0. The highest BCUT2D eigenvalue weighted by molar-refractivity contribution is 5.81. The zero-order chi connectivity index (χ0) is 10.7. The Bertz CT molecular complexity index is 184. The van der Waals surface area contributed by atoms with E-state index in [0.29, 0.717) is 6.61 Å². The summed E-state index contributed by atoms with van der Waals surface area (Å²) in [6.45, 7) is 8.63. The number of carboxylic acid groups (broad SMARTS) is 1. The maximum Gasteiger partial charge on any atom is 0.330 e. The molecular formula is C9H14O4. The monoisotopic (exact) mass is 186 g/mol. The van der Waals surface area contributed by atoms with Crippen molar-refractivity contribution in [2.45, 2.75) is 13.3 Å². The van der Waals surface area contributed by atoms with E-state index in [0.717, 1.165) is 18.6 Å². The van der Waals surface area contributed by atoms with Crippen molar-refractivity contribution < 1.29 is 19.4 Å². The number of hydrogen-bond acceptors (Lipinski definition) is 3. The lowest BCUT2D eigenvalue weighted by Crippen LogP contribution is -1.99. The molecule has 0 rings (SSSR count). The molecule has 0 aliphatic rings. The van der Waals surface area contributed by atoms with Crippen LogP contribution in [0.2, 0.25) is 0 Å². The molecule has 0 aromatic carbocycles. The second kappa shape index (κ2) is 10.4. The molecule has 0 saturated carbocycles. The number of rotatable bonds is 4. The van der Waals surface area contributed by atoms with Crippen molar-refractivity contribution in [1.29, 1.82) is 0 Å². The highest BCUT2D eigenvalue weighted by atomic mass is 16.5. The van der Waals surface area contributed by atoms with Gasteiger partial charge in [0.15, 0.2) is 0 Å². The van der Waals surface area contributed by atoms with E-state index in [2.05, 4.69) is 17.9 Å². The van der Waals surface area contributed by atoms with E-state index in [9.17, 15) is 9.59 Å². The maximum atomic E-state index is 10.2. The summed E-state index contributed by atoms with van der Waals surface area (Å²) in [5, 5.41) is 7.60. The first-order valence-corrected chi connectivity index (χ1v) is 3.73. The number of esters is 1. The smallest absolute Gasteiger partial charge is 0.330 e. The summed E-state index contributed by atoms with van der Waals surface area (Å²) < 4.78 is 4.58. The van der Waals surface area contributed by atoms with Crippen LogP contribution in [0.25, 0.3) is 0 Å². The zero-order valence-corrected chi connectivity index (χ0v) is 7.66. The Labute approximate surface area is 77.5 Å². The van der Waals surface area contributed by atoms with E-state index in [4.69, 9.17) is 5.11 Å². The van der Waals surface area contributed by atoms with Crippen LogP contribution in [-0.4, -0.2) is 23.7 Å². The van der Waals surface area contributed by atoms with Gasteiger partial charge in [-0.3, -0.25) is 0 Å². The molecule has 0 aliphatic heterocycles. The van der Waals surface area contributed by atoms with Crippen LogP contribution in [0.1, 0.15) is 13.3 Å². The van der Waals surface area contributed by atoms with Crippen LogP contribution in [0.4, 0.5) is 0 Å². The van der Waals surface area contributed by atoms with Gasteiger partial charge in [-0.05, 0) is 6.42 Å². The van der Waals surface area contributed by atoms with Crippen LogP contribution in [0.15, 0.2) is 25.3 Å². The van der Waals surface area contributed by atoms with E-state index in [1.807, 2.05) is 6.92 Å². The molecule has 0 heterocycles. The third kappa shape index (κ3) is 17.9. The minimum atomic E-state index is -0.981. The lowest BCUT2D eigenvalue weighted by molar-refractivity contribution is -0.137. The molecule has 74 valence electrons. The molecule has 0 unspecified atom stereocenters. The molecule has 0 bridgehead atoms. The Balaban J connectivity index is 0. The van der Waals surface area contributed by atoms with Crippen molar-refractivity contribution in [3.8, 4) is 0 Å². The van der Waals surface area contributed by atoms with Crippen molar-refractivity contribution in [2.75, 3.05) is 6.61 Å². The predicted molar refractivity (Wildman–Crippen MR) is 49.3 cm³/mol. The van der Waals surface area contributed by atoms with Crippen molar-refractivity contribution in [2.24, 2.45) is 0 Å². The molecule has 13 heavy (non-hydrogen) atoms. The second-order valence-electron chi connectivity index (χ2n) is 1.91. The Morgan fingerprint density at radius 2 is 1.85 bits per heavy atom. The third-order valence-corrected chi connectivity index (χ3v) is 0.790. The standard InChI is InChI=1S/C6H10O2.C3H4O2/c1-3-5-8-6(7)4-2;1-2-3(4)5/h4H,2-3,5H2,1H3;2H,1H2,(H,4,5). The van der Waals surface area contributed by atoms with Gasteiger partial charge < -0.3 is 9.84 Å². The van der Waals surface area contributed by atoms with Gasteiger partial charge in [-0.1, -0.05) is 20.1 Å². The SMILES string of the molecule is C=CC(=O)O.C=CC(=O)OCCC. The first kappa shape index (κ1) is 14.0. The zero-order valence-electron chi connectivity index (χ0n) is 7.66. The van der Waals surface area contributed by atoms with Gasteiger partial charge >= 0.3 is 11.9 Å². The van der Waals surface area contributed by atoms with Crippen LogP contribution in [-0.2, 0) is 14.3 Å². The van der Waals surface area contributed by atoms with E-state index < -0.39 is 5.97 Å². The summed E-state index contributed by atoms with van der Waals surface area (Å²) in [6, 6.07) is 0. The third-order valence-electron chi connectivity index (χ3n) is 0.790. The van der Waals surface area contributed by atoms with E-state index in [1.54, 1.807) is 0 Å². The first-order chi connectivity index (χ1) is 6.08. The normalized spacial score (nSPS) is 7.46. The molecule has 0 fully saturated rings. The van der Waals surface area contributed by atoms with Crippen LogP contribution in [0, 0.1) is 0 Å². The van der Waals surface area contributed by atoms with Crippen LogP contribution in [0.5, 0.6) is 0 Å². The lowest BCUT2D eigenvalue weighted by Gasteiger charge is -1.94. The largest absolute Gasteiger partial charge is 0.478 e. The minimum absolute atomic E-state index is 0.341. The van der Waals surface area contributed by atoms with Gasteiger partial charge in [-0.2, -0.15) is 0 Å². The number of hydrogen-bond donors (Lipinski definition) is 1. The molecule has 0 amide bonds. The number of carboxylic acids is 1. The number of carbonyl (C=O) groups is 2. The van der Waals surface area contributed by atoms with Crippen molar-refractivity contribution in [1.82, 2.24) is 0 Å². The van der Waals surface area contributed by atoms with Gasteiger partial charge in [0.1, 0.15) is 0 Å². The fourth-order valence-electron chi connectivity index (χ4n) is 0.262. The van der Waals surface area contributed by atoms with Gasteiger partial charge in [-0.25, -0.2) is 9.59 Å². The molecular weight excluding hydrogens is 172 g/mol. The fraction of sp³-hybridized carbons (Fsp3) is 0.333. The lowest BCUT2D eigenvalue weighted by atomic mass is 10.5. The Morgan fingerprint density at radius 3 is 2.08 bits per heavy atom. The molecule has 0 spiro atoms. The molecule has 0 saturated heterocycles. The minimum Gasteiger partial charge on any atom is -0.478 e. The summed E-state index contributed by atoms with van der Waals surface area (Å²) in [5.74, 6) is -1.32. The topological polar surface area (TPSA) is 63.6 Å². The van der Waals surface area contributed by atoms with E-state index >= 15 is 0 Å². The number of aliphatic carboxylic acids is 1. The van der Waals surface area contributed by atoms with Crippen LogP contribution in [0.3, 0.4) is 0 Å². The quantitative estimate of drug-likeness (QED) is 0.532. The van der Waals surface area contributed by atoms with Gasteiger partial charge in [0, 0.05) is 12.2 Å². The molecule has 0 radical (unpaired) electrons. The van der Waals surface area contributed by atoms with Crippen LogP contribution < -0.4 is 0 Å². The molecule has 4 nitrogen and oxygen atoms in total. The maximum absolute atomic E-state index is 10.2. The molecule has 0 aromatic heterocycles. The van der Waals surface area contributed by atoms with Gasteiger partial charge in [0.05, 0.1) is 6.61 Å². The Hall–Kier alpha value is -1.58. The Morgan fingerprint density at radius 1 is 1.38 bits per heavy atom. The second-order valence-corrected chi connectivity index (χ2v) is 1.91. The average molecular weight is 186 g/mol. The highest BCUT2D eigenvalue weighted by Crippen LogP contribution is 1.81. The average Bonchev–Trinajstić information content (AvgIpc) is 2.15. The van der Waals surface area contributed by atoms with E-state index in [1.165, 1.54) is 0 Å². The molecule has 0 aliphatic carbocycles. The number of carbonyl (C=O) groups excluding carboxylic acids is 1. The van der Waals surface area contributed by atoms with E-state index in [-0.39, 0.29) is 5.97 Å². The predicted octanol–water partition coefficient (Wildman–Crippen LogP) is 1.38. The summed E-state index contributed by atoms with van der Waals surface area (Å²) in [5.41, 5.74) is 0. The van der Waals surface area contributed by atoms with Crippen molar-refractivity contribution >= 4 is 11.9 Å². The Kier molecular flexibility index (Phi) is 11.2. The summed E-state index contributed by atoms with van der Waals surface area (Å²) in [6.07, 6.45) is 2.86. The molecule has 1 N–H and O–H groups in total. The van der Waals surface area contributed by atoms with Crippen molar-refractivity contribution in [3.05, 3.63) is 25.3 Å². The number of ether oxygens (including phenoxy) is 1. The summed E-state index contributed by atoms with van der Waals surface area (Å²) in [4.78, 5) is 19.5. The van der Waals surface area contributed by atoms with Crippen LogP contribution >= 0.6 is 0 Å². The highest BCUT2D eigenvalue weighted by Gasteiger charge is 1.89. The van der Waals surface area contributed by atoms with Crippen molar-refractivity contribution in [3.63, 3.8) is 0 Å². The van der Waals surface area contributed by atoms with Gasteiger partial charge in [-0.15, -0.1) is 0 Å². The molecule has 0 aromatic rings. The summed E-state index contributed by atoms with van der Waals surface area (Å²) >= 11 is 0. The van der Waals surface area contributed by atoms with Gasteiger partial charge in [0.25, 0.3) is 0 Å². The fourth-order valence-corrected chi connectivity index (χ4v) is 0.262. The van der Waals surface area contributed by atoms with Gasteiger partial charge in [0.2, 0.25) is 0 Å². The first-order valence-electron chi connectivity index (χ1n) is 3.73. The molecule has 4 heteroatoms.